The molecule has 20 heavy (non-hydrogen) atoms. The number of hydrogen-bond donors (Lipinski definition) is 2. The number of imidazole rings is 1. The lowest BCUT2D eigenvalue weighted by molar-refractivity contribution is 0.356. The molecule has 0 aliphatic carbocycles. The molecule has 0 fully saturated rings. The Balaban J connectivity index is 2.17. The topological polar surface area (TPSA) is 86.0 Å². The Bertz CT molecular complexity index is 737. The van der Waals surface area contributed by atoms with Gasteiger partial charge >= 0.3 is 0 Å². The van der Waals surface area contributed by atoms with Crippen LogP contribution in [-0.2, 0) is 0 Å². The fourth-order valence-corrected chi connectivity index (χ4v) is 2.86. The zero-order chi connectivity index (χ0) is 14.3. The monoisotopic (exact) mass is 290 g/mol. The van der Waals surface area contributed by atoms with E-state index in [-0.39, 0.29) is 0 Å². The van der Waals surface area contributed by atoms with E-state index in [2.05, 4.69) is 15.0 Å². The van der Waals surface area contributed by atoms with Gasteiger partial charge in [-0.1, -0.05) is 11.3 Å². The number of nitrogens with one attached hydrogen (secondary N) is 1. The SMILES string of the molecule is COc1cc2nc(-c3sc(N)nc3C)[nH]c2cc1OC. The fraction of sp³-hybridized carbons (Fsp3) is 0.231. The van der Waals surface area contributed by atoms with Gasteiger partial charge in [0.15, 0.2) is 22.5 Å². The molecule has 0 aliphatic rings. The first-order valence-corrected chi connectivity index (χ1v) is 6.79. The lowest BCUT2D eigenvalue weighted by Crippen LogP contribution is -1.89. The van der Waals surface area contributed by atoms with Crippen molar-refractivity contribution in [3.63, 3.8) is 0 Å². The number of ether oxygens (including phenoxy) is 2. The molecule has 1 aromatic carbocycles. The van der Waals surface area contributed by atoms with Gasteiger partial charge in [-0.25, -0.2) is 9.97 Å². The summed E-state index contributed by atoms with van der Waals surface area (Å²) in [5, 5.41) is 0.535. The van der Waals surface area contributed by atoms with Gasteiger partial charge in [0.05, 0.1) is 35.8 Å². The highest BCUT2D eigenvalue weighted by Crippen LogP contribution is 2.35. The van der Waals surface area contributed by atoms with Gasteiger partial charge in [0, 0.05) is 12.1 Å². The maximum Gasteiger partial charge on any atom is 0.180 e. The van der Waals surface area contributed by atoms with E-state index in [1.54, 1.807) is 14.2 Å². The molecule has 0 saturated carbocycles. The van der Waals surface area contributed by atoms with Crippen LogP contribution in [0.4, 0.5) is 5.13 Å². The van der Waals surface area contributed by atoms with Crippen molar-refractivity contribution >= 4 is 27.5 Å². The predicted molar refractivity (Wildman–Crippen MR) is 79.5 cm³/mol. The van der Waals surface area contributed by atoms with Crippen LogP contribution >= 0.6 is 11.3 Å². The van der Waals surface area contributed by atoms with Gasteiger partial charge in [0.1, 0.15) is 0 Å². The van der Waals surface area contributed by atoms with E-state index in [9.17, 15) is 0 Å². The summed E-state index contributed by atoms with van der Waals surface area (Å²) >= 11 is 1.41. The molecule has 0 spiro atoms. The first-order chi connectivity index (χ1) is 9.62. The minimum absolute atomic E-state index is 0.535. The lowest BCUT2D eigenvalue weighted by Gasteiger charge is -2.06. The molecule has 0 radical (unpaired) electrons. The summed E-state index contributed by atoms with van der Waals surface area (Å²) < 4.78 is 10.6. The van der Waals surface area contributed by atoms with E-state index in [0.29, 0.717) is 16.6 Å². The quantitative estimate of drug-likeness (QED) is 0.774. The number of thiazole rings is 1. The molecule has 0 aliphatic heterocycles. The third kappa shape index (κ3) is 1.96. The minimum atomic E-state index is 0.535. The zero-order valence-corrected chi connectivity index (χ0v) is 12.2. The molecule has 3 N–H and O–H groups in total. The zero-order valence-electron chi connectivity index (χ0n) is 11.4. The molecule has 3 rings (SSSR count). The van der Waals surface area contributed by atoms with E-state index in [1.807, 2.05) is 19.1 Å². The molecule has 2 heterocycles. The number of methoxy groups -OCH3 is 2. The summed E-state index contributed by atoms with van der Waals surface area (Å²) in [4.78, 5) is 13.0. The number of fused-ring (bicyclic) bond motifs is 1. The average molecular weight is 290 g/mol. The van der Waals surface area contributed by atoms with Crippen LogP contribution < -0.4 is 15.2 Å². The Labute approximate surface area is 119 Å². The van der Waals surface area contributed by atoms with Crippen LogP contribution in [0.1, 0.15) is 5.69 Å². The van der Waals surface area contributed by atoms with E-state index in [1.165, 1.54) is 11.3 Å². The normalized spacial score (nSPS) is 10.9. The average Bonchev–Trinajstić information content (AvgIpc) is 2.99. The van der Waals surface area contributed by atoms with Crippen LogP contribution in [0, 0.1) is 6.92 Å². The number of nitrogens with zero attached hydrogens (tertiary/aromatic N) is 2. The number of anilines is 1. The van der Waals surface area contributed by atoms with Gasteiger partial charge in [0.2, 0.25) is 0 Å². The number of aromatic amines is 1. The number of H-pyrrole nitrogens is 1. The van der Waals surface area contributed by atoms with Gasteiger partial charge < -0.3 is 20.2 Å². The number of aromatic nitrogens is 3. The third-order valence-electron chi connectivity index (χ3n) is 3.02. The smallest absolute Gasteiger partial charge is 0.180 e. The Morgan fingerprint density at radius 3 is 2.45 bits per heavy atom. The Kier molecular flexibility index (Phi) is 2.98. The molecule has 0 atom stereocenters. The molecule has 6 nitrogen and oxygen atoms in total. The van der Waals surface area contributed by atoms with Crippen molar-refractivity contribution in [2.45, 2.75) is 6.92 Å². The Morgan fingerprint density at radius 2 is 1.85 bits per heavy atom. The van der Waals surface area contributed by atoms with Crippen LogP contribution in [0.25, 0.3) is 21.7 Å². The standard InChI is InChI=1S/C13H14N4O2S/c1-6-11(20-13(14)15-6)12-16-7-4-9(18-2)10(19-3)5-8(7)17-12/h4-5H,1-3H3,(H2,14,15)(H,16,17). The first-order valence-electron chi connectivity index (χ1n) is 5.97. The van der Waals surface area contributed by atoms with Crippen LogP contribution in [0.15, 0.2) is 12.1 Å². The second-order valence-corrected chi connectivity index (χ2v) is 5.31. The molecule has 2 aromatic heterocycles. The number of aryl methyl sites for hydroxylation is 1. The second-order valence-electron chi connectivity index (χ2n) is 4.28. The highest BCUT2D eigenvalue weighted by Gasteiger charge is 2.14. The van der Waals surface area contributed by atoms with Gasteiger partial charge in [-0.15, -0.1) is 0 Å². The summed E-state index contributed by atoms with van der Waals surface area (Å²) in [6.45, 7) is 1.91. The Morgan fingerprint density at radius 1 is 1.15 bits per heavy atom. The van der Waals surface area contributed by atoms with Crippen molar-refractivity contribution in [2.75, 3.05) is 20.0 Å². The Hall–Kier alpha value is -2.28. The van der Waals surface area contributed by atoms with Gasteiger partial charge in [0.25, 0.3) is 0 Å². The van der Waals surface area contributed by atoms with Crippen LogP contribution in [0.3, 0.4) is 0 Å². The molecular formula is C13H14N4O2S. The number of nitrogen functional groups attached to an aromatic ring is 1. The van der Waals surface area contributed by atoms with Gasteiger partial charge in [-0.05, 0) is 6.92 Å². The predicted octanol–water partition coefficient (Wildman–Crippen LogP) is 2.59. The molecule has 7 heteroatoms. The van der Waals surface area contributed by atoms with E-state index in [4.69, 9.17) is 15.2 Å². The summed E-state index contributed by atoms with van der Waals surface area (Å²) in [5.74, 6) is 2.07. The number of benzene rings is 1. The highest BCUT2D eigenvalue weighted by atomic mass is 32.1. The molecule has 0 bridgehead atoms. The second kappa shape index (κ2) is 4.68. The van der Waals surface area contributed by atoms with E-state index < -0.39 is 0 Å². The van der Waals surface area contributed by atoms with Gasteiger partial charge in [-0.3, -0.25) is 0 Å². The lowest BCUT2D eigenvalue weighted by atomic mass is 10.3. The van der Waals surface area contributed by atoms with Crippen molar-refractivity contribution in [1.82, 2.24) is 15.0 Å². The largest absolute Gasteiger partial charge is 0.493 e. The van der Waals surface area contributed by atoms with Crippen LogP contribution in [-0.4, -0.2) is 29.2 Å². The van der Waals surface area contributed by atoms with Gasteiger partial charge in [-0.2, -0.15) is 0 Å². The molecule has 0 unspecified atom stereocenters. The highest BCUT2D eigenvalue weighted by molar-refractivity contribution is 7.18. The molecule has 0 amide bonds. The maximum absolute atomic E-state index is 5.73. The molecule has 3 aromatic rings. The third-order valence-corrected chi connectivity index (χ3v) is 4.01. The van der Waals surface area contributed by atoms with Crippen molar-refractivity contribution in [3.05, 3.63) is 17.8 Å². The van der Waals surface area contributed by atoms with E-state index in [0.717, 1.165) is 27.4 Å². The summed E-state index contributed by atoms with van der Waals surface area (Å²) in [5.41, 5.74) is 8.28. The van der Waals surface area contributed by atoms with Crippen molar-refractivity contribution < 1.29 is 9.47 Å². The molecular weight excluding hydrogens is 276 g/mol. The number of hydrogen-bond acceptors (Lipinski definition) is 6. The van der Waals surface area contributed by atoms with Crippen molar-refractivity contribution in [1.29, 1.82) is 0 Å². The summed E-state index contributed by atoms with van der Waals surface area (Å²) in [6.07, 6.45) is 0. The summed E-state index contributed by atoms with van der Waals surface area (Å²) in [7, 11) is 3.21. The minimum Gasteiger partial charge on any atom is -0.493 e. The van der Waals surface area contributed by atoms with Crippen molar-refractivity contribution in [2.24, 2.45) is 0 Å². The molecule has 0 saturated heterocycles. The molecule has 104 valence electrons. The number of rotatable bonds is 3. The maximum atomic E-state index is 5.73. The van der Waals surface area contributed by atoms with Crippen molar-refractivity contribution in [3.8, 4) is 22.2 Å². The van der Waals surface area contributed by atoms with E-state index >= 15 is 0 Å². The first kappa shape index (κ1) is 12.7. The fourth-order valence-electron chi connectivity index (χ4n) is 2.08. The van der Waals surface area contributed by atoms with Crippen LogP contribution in [0.2, 0.25) is 0 Å². The number of nitrogens with two attached hydrogens (primary N) is 1. The summed E-state index contributed by atoms with van der Waals surface area (Å²) in [6, 6.07) is 3.71. The van der Waals surface area contributed by atoms with Crippen LogP contribution in [0.5, 0.6) is 11.5 Å².